The van der Waals surface area contributed by atoms with Crippen LogP contribution in [0.5, 0.6) is 5.75 Å². The highest BCUT2D eigenvalue weighted by Gasteiger charge is 2.09. The van der Waals surface area contributed by atoms with Crippen LogP contribution in [0.2, 0.25) is 0 Å². The predicted octanol–water partition coefficient (Wildman–Crippen LogP) is 4.00. The molecule has 0 bridgehead atoms. The number of para-hydroxylation sites is 1. The van der Waals surface area contributed by atoms with Gasteiger partial charge in [0.05, 0.1) is 19.2 Å². The van der Waals surface area contributed by atoms with Crippen molar-refractivity contribution >= 4 is 22.9 Å². The van der Waals surface area contributed by atoms with Crippen molar-refractivity contribution in [2.24, 2.45) is 0 Å². The van der Waals surface area contributed by atoms with Crippen molar-refractivity contribution < 1.29 is 9.53 Å². The van der Waals surface area contributed by atoms with Gasteiger partial charge in [-0.1, -0.05) is 18.2 Å². The third kappa shape index (κ3) is 3.96. The molecule has 0 fully saturated rings. The van der Waals surface area contributed by atoms with E-state index in [0.29, 0.717) is 0 Å². The first-order valence-corrected chi connectivity index (χ1v) is 8.06. The molecule has 1 aromatic heterocycles. The summed E-state index contributed by atoms with van der Waals surface area (Å²) in [4.78, 5) is 16.6. The molecule has 3 aromatic rings. The Balaban J connectivity index is 1.65. The molecule has 0 aliphatic carbocycles. The van der Waals surface area contributed by atoms with Crippen LogP contribution in [-0.4, -0.2) is 18.0 Å². The second-order valence-electron chi connectivity index (χ2n) is 4.95. The Hall–Kier alpha value is -2.66. The zero-order valence-electron chi connectivity index (χ0n) is 12.7. The summed E-state index contributed by atoms with van der Waals surface area (Å²) >= 11 is 1.49. The van der Waals surface area contributed by atoms with Crippen LogP contribution in [0.15, 0.2) is 60.0 Å². The lowest BCUT2D eigenvalue weighted by molar-refractivity contribution is -0.115. The Labute approximate surface area is 138 Å². The van der Waals surface area contributed by atoms with Crippen LogP contribution in [-0.2, 0) is 11.2 Å². The number of benzene rings is 2. The third-order valence-corrected chi connectivity index (χ3v) is 4.16. The number of thiazole rings is 1. The molecule has 0 atom stereocenters. The minimum atomic E-state index is -0.0631. The van der Waals surface area contributed by atoms with Gasteiger partial charge in [0.2, 0.25) is 5.91 Å². The van der Waals surface area contributed by atoms with Gasteiger partial charge < -0.3 is 10.1 Å². The van der Waals surface area contributed by atoms with E-state index < -0.39 is 0 Å². The van der Waals surface area contributed by atoms with E-state index in [2.05, 4.69) is 10.3 Å². The van der Waals surface area contributed by atoms with Gasteiger partial charge in [-0.15, -0.1) is 11.3 Å². The zero-order valence-corrected chi connectivity index (χ0v) is 13.5. The molecule has 5 heteroatoms. The highest BCUT2D eigenvalue weighted by Crippen LogP contribution is 2.24. The molecule has 0 radical (unpaired) electrons. The molecule has 0 aliphatic heterocycles. The Bertz CT molecular complexity index is 782. The Kier molecular flexibility index (Phi) is 4.68. The number of carbonyl (C=O) groups excluding carboxylic acids is 1. The van der Waals surface area contributed by atoms with Crippen LogP contribution in [0.1, 0.15) is 5.01 Å². The number of methoxy groups -OCH3 is 1. The van der Waals surface area contributed by atoms with Crippen LogP contribution in [0, 0.1) is 0 Å². The fraction of sp³-hybridized carbons (Fsp3) is 0.111. The zero-order chi connectivity index (χ0) is 16.1. The molecule has 1 heterocycles. The van der Waals surface area contributed by atoms with Crippen molar-refractivity contribution in [3.63, 3.8) is 0 Å². The summed E-state index contributed by atoms with van der Waals surface area (Å²) in [5.41, 5.74) is 2.68. The van der Waals surface area contributed by atoms with E-state index >= 15 is 0 Å². The molecule has 0 spiro atoms. The van der Waals surface area contributed by atoms with E-state index in [0.717, 1.165) is 27.7 Å². The lowest BCUT2D eigenvalue weighted by atomic mass is 10.2. The minimum absolute atomic E-state index is 0.0631. The van der Waals surface area contributed by atoms with Crippen molar-refractivity contribution in [2.45, 2.75) is 6.42 Å². The molecule has 116 valence electrons. The summed E-state index contributed by atoms with van der Waals surface area (Å²) < 4.78 is 5.15. The van der Waals surface area contributed by atoms with Gasteiger partial charge in [0.15, 0.2) is 0 Å². The van der Waals surface area contributed by atoms with Crippen LogP contribution in [0.25, 0.3) is 11.3 Å². The SMILES string of the molecule is COc1ccc(-c2csc(CC(=O)Nc3ccccc3)n2)cc1. The lowest BCUT2D eigenvalue weighted by Gasteiger charge is -2.03. The fourth-order valence-corrected chi connectivity index (χ4v) is 2.95. The molecule has 4 nitrogen and oxygen atoms in total. The van der Waals surface area contributed by atoms with Gasteiger partial charge in [-0.05, 0) is 36.4 Å². The van der Waals surface area contributed by atoms with E-state index in [4.69, 9.17) is 4.74 Å². The van der Waals surface area contributed by atoms with E-state index in [1.165, 1.54) is 11.3 Å². The quantitative estimate of drug-likeness (QED) is 0.772. The molecule has 0 saturated carbocycles. The summed E-state index contributed by atoms with van der Waals surface area (Å²) in [6.45, 7) is 0. The number of hydrogen-bond acceptors (Lipinski definition) is 4. The van der Waals surface area contributed by atoms with Crippen molar-refractivity contribution in [3.05, 3.63) is 65.0 Å². The number of rotatable bonds is 5. The van der Waals surface area contributed by atoms with Crippen molar-refractivity contribution in [1.82, 2.24) is 4.98 Å². The second kappa shape index (κ2) is 7.07. The van der Waals surface area contributed by atoms with Crippen LogP contribution >= 0.6 is 11.3 Å². The number of hydrogen-bond donors (Lipinski definition) is 1. The van der Waals surface area contributed by atoms with Crippen molar-refractivity contribution in [1.29, 1.82) is 0 Å². The smallest absolute Gasteiger partial charge is 0.231 e. The predicted molar refractivity (Wildman–Crippen MR) is 92.9 cm³/mol. The van der Waals surface area contributed by atoms with Crippen LogP contribution in [0.4, 0.5) is 5.69 Å². The number of aromatic nitrogens is 1. The monoisotopic (exact) mass is 324 g/mol. The van der Waals surface area contributed by atoms with E-state index in [9.17, 15) is 4.79 Å². The average molecular weight is 324 g/mol. The highest BCUT2D eigenvalue weighted by molar-refractivity contribution is 7.10. The number of nitrogens with one attached hydrogen (secondary N) is 1. The molecule has 0 aliphatic rings. The standard InChI is InChI=1S/C18H16N2O2S/c1-22-15-9-7-13(8-10-15)16-12-23-18(20-16)11-17(21)19-14-5-3-2-4-6-14/h2-10,12H,11H2,1H3,(H,19,21). The molecule has 2 aromatic carbocycles. The first kappa shape index (κ1) is 15.2. The van der Waals surface area contributed by atoms with Gasteiger partial charge in [0.25, 0.3) is 0 Å². The minimum Gasteiger partial charge on any atom is -0.497 e. The summed E-state index contributed by atoms with van der Waals surface area (Å²) in [6, 6.07) is 17.1. The van der Waals surface area contributed by atoms with Gasteiger partial charge >= 0.3 is 0 Å². The molecule has 0 unspecified atom stereocenters. The fourth-order valence-electron chi connectivity index (χ4n) is 2.15. The number of carbonyl (C=O) groups is 1. The first-order chi connectivity index (χ1) is 11.2. The summed E-state index contributed by atoms with van der Waals surface area (Å²) in [6.07, 6.45) is 0.274. The van der Waals surface area contributed by atoms with Gasteiger partial charge in [-0.25, -0.2) is 4.98 Å². The van der Waals surface area contributed by atoms with Gasteiger partial charge in [-0.3, -0.25) is 4.79 Å². The number of nitrogens with zero attached hydrogens (tertiary/aromatic N) is 1. The molecular formula is C18H16N2O2S. The maximum atomic E-state index is 12.1. The van der Waals surface area contributed by atoms with Gasteiger partial charge in [-0.2, -0.15) is 0 Å². The summed E-state index contributed by atoms with van der Waals surface area (Å²) in [5.74, 6) is 0.748. The van der Waals surface area contributed by atoms with Crippen molar-refractivity contribution in [2.75, 3.05) is 12.4 Å². The molecule has 1 N–H and O–H groups in total. The maximum absolute atomic E-state index is 12.1. The normalized spacial score (nSPS) is 10.3. The molecule has 3 rings (SSSR count). The summed E-state index contributed by atoms with van der Waals surface area (Å²) in [5, 5.41) is 5.63. The first-order valence-electron chi connectivity index (χ1n) is 7.18. The van der Waals surface area contributed by atoms with E-state index in [-0.39, 0.29) is 12.3 Å². The van der Waals surface area contributed by atoms with Gasteiger partial charge in [0.1, 0.15) is 10.8 Å². The third-order valence-electron chi connectivity index (χ3n) is 3.31. The van der Waals surface area contributed by atoms with E-state index in [1.807, 2.05) is 60.0 Å². The number of amides is 1. The Morgan fingerprint density at radius 1 is 1.13 bits per heavy atom. The molecule has 23 heavy (non-hydrogen) atoms. The van der Waals surface area contributed by atoms with Crippen LogP contribution in [0.3, 0.4) is 0 Å². The largest absolute Gasteiger partial charge is 0.497 e. The topological polar surface area (TPSA) is 51.2 Å². The number of ether oxygens (including phenoxy) is 1. The lowest BCUT2D eigenvalue weighted by Crippen LogP contribution is -2.14. The summed E-state index contributed by atoms with van der Waals surface area (Å²) in [7, 11) is 1.64. The molecule has 1 amide bonds. The number of anilines is 1. The average Bonchev–Trinajstić information content (AvgIpc) is 3.04. The van der Waals surface area contributed by atoms with Gasteiger partial charge in [0, 0.05) is 16.6 Å². The Morgan fingerprint density at radius 2 is 1.87 bits per heavy atom. The van der Waals surface area contributed by atoms with Crippen molar-refractivity contribution in [3.8, 4) is 17.0 Å². The van der Waals surface area contributed by atoms with Crippen LogP contribution < -0.4 is 10.1 Å². The Morgan fingerprint density at radius 3 is 2.57 bits per heavy atom. The van der Waals surface area contributed by atoms with E-state index in [1.54, 1.807) is 7.11 Å². The molecule has 0 saturated heterocycles. The highest BCUT2D eigenvalue weighted by atomic mass is 32.1. The maximum Gasteiger partial charge on any atom is 0.231 e. The second-order valence-corrected chi connectivity index (χ2v) is 5.89. The molecular weight excluding hydrogens is 308 g/mol.